The highest BCUT2D eigenvalue weighted by molar-refractivity contribution is 5.01. The number of rotatable bonds is 4. The van der Waals surface area contributed by atoms with E-state index in [1.54, 1.807) is 13.8 Å². The minimum atomic E-state index is -5.58. The minimum absolute atomic E-state index is 0.262. The molecule has 1 rings (SSSR count). The zero-order valence-electron chi connectivity index (χ0n) is 9.97. The molecule has 3 unspecified atom stereocenters. The van der Waals surface area contributed by atoms with Gasteiger partial charge in [-0.05, 0) is 13.8 Å². The lowest BCUT2D eigenvalue weighted by atomic mass is 9.86. The molecule has 1 aliphatic rings. The molecule has 1 N–H and O–H groups in total. The van der Waals surface area contributed by atoms with E-state index in [-0.39, 0.29) is 6.42 Å². The molecule has 1 saturated heterocycles. The highest BCUT2D eigenvalue weighted by Gasteiger charge is 2.66. The van der Waals surface area contributed by atoms with Gasteiger partial charge in [-0.3, -0.25) is 0 Å². The van der Waals surface area contributed by atoms with E-state index in [0.29, 0.717) is 0 Å². The minimum Gasteiger partial charge on any atom is -0.389 e. The average Bonchev–Trinajstić information content (AvgIpc) is 2.08. The molecule has 0 aromatic carbocycles. The van der Waals surface area contributed by atoms with Gasteiger partial charge in [0, 0.05) is 6.42 Å². The van der Waals surface area contributed by atoms with Gasteiger partial charge in [-0.25, -0.2) is 0 Å². The van der Waals surface area contributed by atoms with Gasteiger partial charge in [-0.1, -0.05) is 11.6 Å². The first-order valence-corrected chi connectivity index (χ1v) is 5.45. The maximum atomic E-state index is 13.0. The van der Waals surface area contributed by atoms with Crippen molar-refractivity contribution in [2.75, 3.05) is 6.61 Å². The van der Waals surface area contributed by atoms with Crippen LogP contribution in [0.25, 0.3) is 0 Å². The Balaban J connectivity index is 2.64. The van der Waals surface area contributed by atoms with Gasteiger partial charge in [0.15, 0.2) is 0 Å². The Morgan fingerprint density at radius 1 is 1.33 bits per heavy atom. The Morgan fingerprint density at radius 2 is 1.89 bits per heavy atom. The summed E-state index contributed by atoms with van der Waals surface area (Å²) in [6.07, 6.45) is -6.80. The number of allylic oxidation sites excluding steroid dienone is 1. The zero-order chi connectivity index (χ0) is 14.1. The van der Waals surface area contributed by atoms with Gasteiger partial charge in [-0.2, -0.15) is 22.0 Å². The summed E-state index contributed by atoms with van der Waals surface area (Å²) < 4.78 is 67.2. The quantitative estimate of drug-likeness (QED) is 0.631. The summed E-state index contributed by atoms with van der Waals surface area (Å²) in [6, 6.07) is 0. The predicted octanol–water partition coefficient (Wildman–Crippen LogP) is 2.92. The highest BCUT2D eigenvalue weighted by Crippen LogP contribution is 2.47. The predicted molar refractivity (Wildman–Crippen MR) is 54.3 cm³/mol. The number of hydrogen-bond acceptors (Lipinski definition) is 2. The lowest BCUT2D eigenvalue weighted by Gasteiger charge is -2.42. The second kappa shape index (κ2) is 5.13. The first-order valence-electron chi connectivity index (χ1n) is 5.45. The van der Waals surface area contributed by atoms with Crippen molar-refractivity contribution >= 4 is 0 Å². The maximum Gasteiger partial charge on any atom is 0.453 e. The van der Waals surface area contributed by atoms with Crippen molar-refractivity contribution in [1.29, 1.82) is 0 Å². The van der Waals surface area contributed by atoms with Crippen LogP contribution in [0.2, 0.25) is 0 Å². The first-order chi connectivity index (χ1) is 8.05. The van der Waals surface area contributed by atoms with E-state index in [1.807, 2.05) is 0 Å². The zero-order valence-corrected chi connectivity index (χ0v) is 9.97. The molecule has 1 aliphatic heterocycles. The Hall–Kier alpha value is -0.690. The van der Waals surface area contributed by atoms with Gasteiger partial charge in [0.2, 0.25) is 0 Å². The molecular weight excluding hydrogens is 259 g/mol. The van der Waals surface area contributed by atoms with Crippen molar-refractivity contribution in [2.24, 2.45) is 5.92 Å². The molecule has 0 aromatic heterocycles. The largest absolute Gasteiger partial charge is 0.453 e. The molecule has 106 valence electrons. The molecule has 0 saturated carbocycles. The van der Waals surface area contributed by atoms with Crippen LogP contribution in [0.3, 0.4) is 0 Å². The summed E-state index contributed by atoms with van der Waals surface area (Å²) >= 11 is 0. The van der Waals surface area contributed by atoms with Crippen LogP contribution in [0.1, 0.15) is 20.3 Å². The summed E-state index contributed by atoms with van der Waals surface area (Å²) in [5.74, 6) is -6.70. The van der Waals surface area contributed by atoms with Crippen LogP contribution in [0.4, 0.5) is 22.0 Å². The molecule has 1 heterocycles. The Kier molecular flexibility index (Phi) is 4.38. The summed E-state index contributed by atoms with van der Waals surface area (Å²) in [6.45, 7) is 2.73. The molecule has 0 amide bonds. The molecule has 3 atom stereocenters. The standard InChI is InChI=1S/C11H15F5O2/c1-6(2)3-7(17)4-9-8(5-18-9)10(12,13)11(14,15)16/h3,7-9,17H,4-5H2,1-2H3. The highest BCUT2D eigenvalue weighted by atomic mass is 19.4. The van der Waals surface area contributed by atoms with Crippen molar-refractivity contribution in [2.45, 2.75) is 44.6 Å². The molecule has 0 bridgehead atoms. The number of aliphatic hydroxyl groups excluding tert-OH is 1. The molecule has 0 spiro atoms. The summed E-state index contributed by atoms with van der Waals surface area (Å²) in [5, 5.41) is 9.46. The van der Waals surface area contributed by atoms with Crippen LogP contribution in [-0.4, -0.2) is 36.0 Å². The summed E-state index contributed by atoms with van der Waals surface area (Å²) in [4.78, 5) is 0. The van der Waals surface area contributed by atoms with E-state index in [0.717, 1.165) is 5.57 Å². The van der Waals surface area contributed by atoms with Gasteiger partial charge in [0.05, 0.1) is 24.7 Å². The fraction of sp³-hybridized carbons (Fsp3) is 0.818. The smallest absolute Gasteiger partial charge is 0.389 e. The van der Waals surface area contributed by atoms with E-state index >= 15 is 0 Å². The van der Waals surface area contributed by atoms with E-state index in [1.165, 1.54) is 6.08 Å². The second-order valence-corrected chi connectivity index (χ2v) is 4.65. The lowest BCUT2D eigenvalue weighted by Crippen LogP contribution is -2.57. The lowest BCUT2D eigenvalue weighted by molar-refractivity contribution is -0.344. The molecule has 0 aromatic rings. The van der Waals surface area contributed by atoms with Crippen molar-refractivity contribution in [3.05, 3.63) is 11.6 Å². The third-order valence-electron chi connectivity index (χ3n) is 2.78. The molecule has 0 aliphatic carbocycles. The fourth-order valence-corrected chi connectivity index (χ4v) is 1.80. The number of aliphatic hydroxyl groups is 1. The fourth-order valence-electron chi connectivity index (χ4n) is 1.80. The van der Waals surface area contributed by atoms with Gasteiger partial charge in [-0.15, -0.1) is 0 Å². The average molecular weight is 274 g/mol. The summed E-state index contributed by atoms with van der Waals surface area (Å²) in [5.41, 5.74) is 0.751. The van der Waals surface area contributed by atoms with Crippen molar-refractivity contribution in [1.82, 2.24) is 0 Å². The first kappa shape index (κ1) is 15.4. The molecule has 1 fully saturated rings. The third-order valence-corrected chi connectivity index (χ3v) is 2.78. The SMILES string of the molecule is CC(C)=CC(O)CC1OCC1C(F)(F)C(F)(F)F. The van der Waals surface area contributed by atoms with Crippen molar-refractivity contribution < 1.29 is 31.8 Å². The second-order valence-electron chi connectivity index (χ2n) is 4.65. The van der Waals surface area contributed by atoms with Gasteiger partial charge in [0.1, 0.15) is 0 Å². The Bertz CT molecular complexity index is 320. The van der Waals surface area contributed by atoms with E-state index in [9.17, 15) is 27.1 Å². The monoisotopic (exact) mass is 274 g/mol. The van der Waals surface area contributed by atoms with Gasteiger partial charge >= 0.3 is 12.1 Å². The normalized spacial score (nSPS) is 26.4. The molecule has 0 radical (unpaired) electrons. The summed E-state index contributed by atoms with van der Waals surface area (Å²) in [7, 11) is 0. The van der Waals surface area contributed by atoms with Crippen LogP contribution < -0.4 is 0 Å². The van der Waals surface area contributed by atoms with Crippen LogP contribution in [-0.2, 0) is 4.74 Å². The number of halogens is 5. The van der Waals surface area contributed by atoms with E-state index < -0.39 is 36.8 Å². The van der Waals surface area contributed by atoms with E-state index in [2.05, 4.69) is 0 Å². The van der Waals surface area contributed by atoms with E-state index in [4.69, 9.17) is 4.74 Å². The van der Waals surface area contributed by atoms with Crippen LogP contribution in [0.15, 0.2) is 11.6 Å². The molecular formula is C11H15F5O2. The van der Waals surface area contributed by atoms with Crippen molar-refractivity contribution in [3.8, 4) is 0 Å². The molecule has 7 heteroatoms. The van der Waals surface area contributed by atoms with Gasteiger partial charge < -0.3 is 9.84 Å². The molecule has 2 nitrogen and oxygen atoms in total. The van der Waals surface area contributed by atoms with Crippen molar-refractivity contribution in [3.63, 3.8) is 0 Å². The van der Waals surface area contributed by atoms with Crippen LogP contribution in [0.5, 0.6) is 0 Å². The van der Waals surface area contributed by atoms with Crippen LogP contribution in [0, 0.1) is 5.92 Å². The Labute approximate surface area is 101 Å². The Morgan fingerprint density at radius 3 is 2.22 bits per heavy atom. The number of ether oxygens (including phenoxy) is 1. The molecule has 18 heavy (non-hydrogen) atoms. The maximum absolute atomic E-state index is 13.0. The third kappa shape index (κ3) is 3.20. The van der Waals surface area contributed by atoms with Gasteiger partial charge in [0.25, 0.3) is 0 Å². The number of alkyl halides is 5. The topological polar surface area (TPSA) is 29.5 Å². The van der Waals surface area contributed by atoms with Crippen LogP contribution >= 0.6 is 0 Å². The number of hydrogen-bond donors (Lipinski definition) is 1.